The van der Waals surface area contributed by atoms with Gasteiger partial charge in [0, 0.05) is 12.1 Å². The number of benzene rings is 1. The first-order valence-corrected chi connectivity index (χ1v) is 8.94. The topological polar surface area (TPSA) is 57.0 Å². The van der Waals surface area contributed by atoms with Crippen LogP contribution in [-0.4, -0.2) is 33.1 Å². The van der Waals surface area contributed by atoms with Gasteiger partial charge >= 0.3 is 5.97 Å². The number of rotatable bonds is 5. The fraction of sp³-hybridized carbons (Fsp3) is 0.500. The zero-order chi connectivity index (χ0) is 17.9. The highest BCUT2D eigenvalue weighted by molar-refractivity contribution is 8.00. The zero-order valence-electron chi connectivity index (χ0n) is 15.2. The second kappa shape index (κ2) is 7.38. The average molecular weight is 347 g/mol. The molecule has 0 spiro atoms. The van der Waals surface area contributed by atoms with Crippen LogP contribution in [-0.2, 0) is 21.5 Å². The maximum Gasteiger partial charge on any atom is 0.318 e. The van der Waals surface area contributed by atoms with Crippen LogP contribution in [0.3, 0.4) is 0 Å². The summed E-state index contributed by atoms with van der Waals surface area (Å²) in [5.41, 5.74) is 2.42. The molecular formula is C18H25N3O2S. The number of aromatic nitrogens is 3. The molecule has 6 heteroatoms. The lowest BCUT2D eigenvalue weighted by atomic mass is 9.87. The molecule has 0 aliphatic heterocycles. The smallest absolute Gasteiger partial charge is 0.318 e. The van der Waals surface area contributed by atoms with Crippen LogP contribution in [0.5, 0.6) is 0 Å². The minimum absolute atomic E-state index is 0.119. The third-order valence-electron chi connectivity index (χ3n) is 3.86. The predicted octanol–water partition coefficient (Wildman–Crippen LogP) is 3.92. The fourth-order valence-corrected chi connectivity index (χ4v) is 3.31. The molecule has 0 saturated carbocycles. The van der Waals surface area contributed by atoms with Gasteiger partial charge in [0.1, 0.15) is 5.25 Å². The number of hydrogen-bond acceptors (Lipinski definition) is 5. The summed E-state index contributed by atoms with van der Waals surface area (Å²) in [4.78, 5) is 11.6. The molecule has 1 atom stereocenters. The Morgan fingerprint density at radius 3 is 2.38 bits per heavy atom. The van der Waals surface area contributed by atoms with Gasteiger partial charge in [-0.25, -0.2) is 0 Å². The van der Waals surface area contributed by atoms with Gasteiger partial charge in [-0.15, -0.1) is 10.2 Å². The molecule has 1 aromatic heterocycles. The zero-order valence-corrected chi connectivity index (χ0v) is 16.0. The molecule has 0 amide bonds. The number of nitrogens with zero attached hydrogens (tertiary/aromatic N) is 3. The molecule has 24 heavy (non-hydrogen) atoms. The number of hydrogen-bond donors (Lipinski definition) is 0. The Bertz CT molecular complexity index is 702. The molecule has 0 fully saturated rings. The summed E-state index contributed by atoms with van der Waals surface area (Å²) in [6, 6.07) is 8.42. The van der Waals surface area contributed by atoms with Crippen LogP contribution in [0.4, 0.5) is 0 Å². The third-order valence-corrected chi connectivity index (χ3v) is 4.92. The second-order valence-corrected chi connectivity index (χ2v) is 7.97. The molecule has 0 N–H and O–H groups in total. The Hall–Kier alpha value is -1.82. The lowest BCUT2D eigenvalue weighted by Crippen LogP contribution is -2.15. The predicted molar refractivity (Wildman–Crippen MR) is 97.2 cm³/mol. The Morgan fingerprint density at radius 2 is 1.88 bits per heavy atom. The maximum atomic E-state index is 11.6. The minimum atomic E-state index is -0.319. The van der Waals surface area contributed by atoms with E-state index >= 15 is 0 Å². The Balaban J connectivity index is 2.30. The first-order chi connectivity index (χ1) is 11.3. The van der Waals surface area contributed by atoms with E-state index < -0.39 is 0 Å². The van der Waals surface area contributed by atoms with Crippen molar-refractivity contribution >= 4 is 17.7 Å². The molecule has 130 valence electrons. The summed E-state index contributed by atoms with van der Waals surface area (Å²) in [5, 5.41) is 8.99. The summed E-state index contributed by atoms with van der Waals surface area (Å²) in [5.74, 6) is 0.555. The molecule has 0 aliphatic carbocycles. The van der Waals surface area contributed by atoms with Gasteiger partial charge < -0.3 is 9.30 Å². The largest absolute Gasteiger partial charge is 0.468 e. The highest BCUT2D eigenvalue weighted by Crippen LogP contribution is 2.29. The van der Waals surface area contributed by atoms with E-state index in [4.69, 9.17) is 4.74 Å². The van der Waals surface area contributed by atoms with Crippen LogP contribution in [0.25, 0.3) is 11.4 Å². The van der Waals surface area contributed by atoms with E-state index in [1.54, 1.807) is 0 Å². The average Bonchev–Trinajstić information content (AvgIpc) is 2.95. The number of carbonyl (C=O) groups is 1. The van der Waals surface area contributed by atoms with E-state index in [0.29, 0.717) is 0 Å². The van der Waals surface area contributed by atoms with E-state index in [9.17, 15) is 4.79 Å². The summed E-state index contributed by atoms with van der Waals surface area (Å²) in [6.45, 7) is 11.2. The van der Waals surface area contributed by atoms with Crippen molar-refractivity contribution in [3.63, 3.8) is 0 Å². The number of carbonyl (C=O) groups excluding carboxylic acids is 1. The van der Waals surface area contributed by atoms with Gasteiger partial charge in [-0.05, 0) is 24.8 Å². The van der Waals surface area contributed by atoms with E-state index in [0.717, 1.165) is 23.1 Å². The van der Waals surface area contributed by atoms with Crippen molar-refractivity contribution in [2.75, 3.05) is 7.11 Å². The first kappa shape index (κ1) is 18.5. The third kappa shape index (κ3) is 3.98. The highest BCUT2D eigenvalue weighted by atomic mass is 32.2. The van der Waals surface area contributed by atoms with E-state index in [1.807, 2.05) is 18.4 Å². The van der Waals surface area contributed by atoms with Gasteiger partial charge in [-0.3, -0.25) is 4.79 Å². The van der Waals surface area contributed by atoms with Crippen LogP contribution in [0, 0.1) is 0 Å². The SMILES string of the molecule is CCn1c(SC(C)C(=O)OC)nnc1-c1ccc(C(C)(C)C)cc1. The second-order valence-electron chi connectivity index (χ2n) is 6.66. The quantitative estimate of drug-likeness (QED) is 0.606. The van der Waals surface area contributed by atoms with Crippen LogP contribution >= 0.6 is 11.8 Å². The summed E-state index contributed by atoms with van der Waals surface area (Å²) < 4.78 is 6.80. The van der Waals surface area contributed by atoms with Crippen LogP contribution < -0.4 is 0 Å². The highest BCUT2D eigenvalue weighted by Gasteiger charge is 2.21. The van der Waals surface area contributed by atoms with Gasteiger partial charge in [0.25, 0.3) is 0 Å². The molecule has 2 rings (SSSR count). The monoisotopic (exact) mass is 347 g/mol. The van der Waals surface area contributed by atoms with Crippen molar-refractivity contribution in [2.24, 2.45) is 0 Å². The fourth-order valence-electron chi connectivity index (χ4n) is 2.37. The number of methoxy groups -OCH3 is 1. The number of esters is 1. The normalized spacial score (nSPS) is 12.9. The van der Waals surface area contributed by atoms with Crippen molar-refractivity contribution in [1.82, 2.24) is 14.8 Å². The van der Waals surface area contributed by atoms with Gasteiger partial charge in [0.05, 0.1) is 7.11 Å². The lowest BCUT2D eigenvalue weighted by molar-refractivity contribution is -0.139. The van der Waals surface area contributed by atoms with Crippen LogP contribution in [0.15, 0.2) is 29.4 Å². The molecule has 0 bridgehead atoms. The van der Waals surface area contributed by atoms with Crippen LogP contribution in [0.1, 0.15) is 40.2 Å². The molecule has 5 nitrogen and oxygen atoms in total. The van der Waals surface area contributed by atoms with Crippen LogP contribution in [0.2, 0.25) is 0 Å². The first-order valence-electron chi connectivity index (χ1n) is 8.06. The molecule has 2 aromatic rings. The molecule has 0 radical (unpaired) electrons. The van der Waals surface area contributed by atoms with Crippen molar-refractivity contribution in [3.05, 3.63) is 29.8 Å². The van der Waals surface area contributed by atoms with Gasteiger partial charge in [-0.1, -0.05) is 56.8 Å². The molecule has 1 aromatic carbocycles. The molecular weight excluding hydrogens is 322 g/mol. The Morgan fingerprint density at radius 1 is 1.25 bits per heavy atom. The van der Waals surface area contributed by atoms with E-state index in [-0.39, 0.29) is 16.6 Å². The molecule has 0 aliphatic rings. The van der Waals surface area contributed by atoms with Crippen molar-refractivity contribution in [1.29, 1.82) is 0 Å². The lowest BCUT2D eigenvalue weighted by Gasteiger charge is -2.19. The standard InChI is InChI=1S/C18H25N3O2S/c1-7-21-15(13-8-10-14(11-9-13)18(3,4)5)19-20-17(21)24-12(2)16(22)23-6/h8-12H,7H2,1-6H3. The Labute approximate surface area is 147 Å². The van der Waals surface area contributed by atoms with Gasteiger partial charge in [-0.2, -0.15) is 0 Å². The summed E-state index contributed by atoms with van der Waals surface area (Å²) in [6.07, 6.45) is 0. The van der Waals surface area contributed by atoms with Gasteiger partial charge in [0.2, 0.25) is 0 Å². The summed E-state index contributed by atoms with van der Waals surface area (Å²) in [7, 11) is 1.39. The molecule has 1 unspecified atom stereocenters. The van der Waals surface area contributed by atoms with E-state index in [2.05, 4.69) is 55.2 Å². The van der Waals surface area contributed by atoms with Gasteiger partial charge in [0.15, 0.2) is 11.0 Å². The van der Waals surface area contributed by atoms with E-state index in [1.165, 1.54) is 24.4 Å². The molecule has 1 heterocycles. The van der Waals surface area contributed by atoms with Crippen molar-refractivity contribution in [3.8, 4) is 11.4 Å². The number of ether oxygens (including phenoxy) is 1. The minimum Gasteiger partial charge on any atom is -0.468 e. The molecule has 0 saturated heterocycles. The number of thioether (sulfide) groups is 1. The summed E-state index contributed by atoms with van der Waals surface area (Å²) >= 11 is 1.37. The Kier molecular flexibility index (Phi) is 5.70. The van der Waals surface area contributed by atoms with Crippen molar-refractivity contribution in [2.45, 2.75) is 57.0 Å². The van der Waals surface area contributed by atoms with Crippen molar-refractivity contribution < 1.29 is 9.53 Å². The maximum absolute atomic E-state index is 11.6.